The number of nitrogens with zero attached hydrogens (tertiary/aromatic N) is 1. The van der Waals surface area contributed by atoms with Crippen molar-refractivity contribution in [2.24, 2.45) is 11.8 Å². The van der Waals surface area contributed by atoms with E-state index in [9.17, 15) is 13.2 Å². The molecule has 1 amide bonds. The molecule has 0 bridgehead atoms. The molecule has 6 heteroatoms. The van der Waals surface area contributed by atoms with Crippen LogP contribution in [0.5, 0.6) is 0 Å². The lowest BCUT2D eigenvalue weighted by molar-refractivity contribution is 0.0683. The minimum absolute atomic E-state index is 0.0826. The van der Waals surface area contributed by atoms with Crippen LogP contribution in [0.15, 0.2) is 29.2 Å². The number of piperidine rings is 1. The lowest BCUT2D eigenvalue weighted by atomic mass is 9.99. The smallest absolute Gasteiger partial charge is 0.253 e. The largest absolute Gasteiger partial charge is 0.338 e. The van der Waals surface area contributed by atoms with Crippen LogP contribution in [-0.4, -0.2) is 38.9 Å². The Morgan fingerprint density at radius 1 is 1.38 bits per heavy atom. The van der Waals surface area contributed by atoms with Crippen LogP contribution >= 0.6 is 0 Å². The van der Waals surface area contributed by atoms with Crippen LogP contribution in [0.4, 0.5) is 0 Å². The monoisotopic (exact) mass is 352 g/mol. The molecule has 1 fully saturated rings. The van der Waals surface area contributed by atoms with E-state index in [2.05, 4.69) is 11.6 Å². The Morgan fingerprint density at radius 2 is 2.12 bits per heavy atom. The second kappa shape index (κ2) is 8.12. The van der Waals surface area contributed by atoms with E-state index in [0.717, 1.165) is 32.4 Å². The molecule has 1 atom stereocenters. The molecule has 0 spiro atoms. The van der Waals surface area contributed by atoms with E-state index in [1.54, 1.807) is 12.1 Å². The van der Waals surface area contributed by atoms with E-state index in [-0.39, 0.29) is 10.8 Å². The van der Waals surface area contributed by atoms with E-state index < -0.39 is 10.0 Å². The van der Waals surface area contributed by atoms with Gasteiger partial charge in [0.1, 0.15) is 0 Å². The van der Waals surface area contributed by atoms with Crippen LogP contribution in [0.2, 0.25) is 0 Å². The minimum atomic E-state index is -3.57. The number of amides is 1. The third kappa shape index (κ3) is 5.05. The minimum Gasteiger partial charge on any atom is -0.338 e. The van der Waals surface area contributed by atoms with E-state index in [1.807, 2.05) is 18.7 Å². The van der Waals surface area contributed by atoms with Crippen molar-refractivity contribution in [1.29, 1.82) is 0 Å². The number of hydrogen-bond acceptors (Lipinski definition) is 3. The number of benzene rings is 1. The lowest BCUT2D eigenvalue weighted by Crippen LogP contribution is -2.39. The Bertz CT molecular complexity index is 671. The quantitative estimate of drug-likeness (QED) is 0.856. The number of carbonyl (C=O) groups excluding carboxylic acids is 1. The molecule has 5 nitrogen and oxygen atoms in total. The number of hydrogen-bond donors (Lipinski definition) is 1. The summed E-state index contributed by atoms with van der Waals surface area (Å²) in [4.78, 5) is 14.6. The Hall–Kier alpha value is -1.40. The zero-order valence-electron chi connectivity index (χ0n) is 14.8. The zero-order chi connectivity index (χ0) is 17.7. The maximum absolute atomic E-state index is 12.6. The number of nitrogens with one attached hydrogen (secondary N) is 1. The van der Waals surface area contributed by atoms with Crippen LogP contribution in [0, 0.1) is 11.8 Å². The first-order valence-electron chi connectivity index (χ1n) is 8.68. The van der Waals surface area contributed by atoms with Crippen molar-refractivity contribution >= 4 is 15.9 Å². The highest BCUT2D eigenvalue weighted by molar-refractivity contribution is 7.89. The normalized spacial score (nSPS) is 18.8. The molecular weight excluding hydrogens is 324 g/mol. The first-order valence-corrected chi connectivity index (χ1v) is 10.2. The molecule has 1 aromatic rings. The summed E-state index contributed by atoms with van der Waals surface area (Å²) in [5.74, 6) is 0.842. The maximum atomic E-state index is 12.6. The average Bonchev–Trinajstić information content (AvgIpc) is 2.54. The molecule has 0 aromatic heterocycles. The fraction of sp³-hybridized carbons (Fsp3) is 0.611. The van der Waals surface area contributed by atoms with Crippen molar-refractivity contribution in [2.75, 3.05) is 19.6 Å². The lowest BCUT2D eigenvalue weighted by Gasteiger charge is -2.31. The summed E-state index contributed by atoms with van der Waals surface area (Å²) in [5.41, 5.74) is 0.441. The van der Waals surface area contributed by atoms with Gasteiger partial charge in [-0.3, -0.25) is 4.79 Å². The zero-order valence-corrected chi connectivity index (χ0v) is 15.6. The molecule has 1 N–H and O–H groups in total. The molecular formula is C18H28N2O3S. The van der Waals surface area contributed by atoms with Crippen molar-refractivity contribution in [1.82, 2.24) is 9.62 Å². The van der Waals surface area contributed by atoms with Gasteiger partial charge in [0.25, 0.3) is 5.91 Å². The van der Waals surface area contributed by atoms with Gasteiger partial charge in [-0.1, -0.05) is 26.8 Å². The third-order valence-corrected chi connectivity index (χ3v) is 5.81. The van der Waals surface area contributed by atoms with Crippen molar-refractivity contribution in [3.05, 3.63) is 29.8 Å². The van der Waals surface area contributed by atoms with Gasteiger partial charge < -0.3 is 4.90 Å². The van der Waals surface area contributed by atoms with Crippen LogP contribution in [0.3, 0.4) is 0 Å². The van der Waals surface area contributed by atoms with Gasteiger partial charge in [0.15, 0.2) is 0 Å². The Labute approximate surface area is 145 Å². The van der Waals surface area contributed by atoms with E-state index >= 15 is 0 Å². The van der Waals surface area contributed by atoms with Crippen LogP contribution < -0.4 is 4.72 Å². The summed E-state index contributed by atoms with van der Waals surface area (Å²) in [5, 5.41) is 0. The van der Waals surface area contributed by atoms with Crippen molar-refractivity contribution in [3.63, 3.8) is 0 Å². The molecule has 2 rings (SSSR count). The standard InChI is InChI=1S/C18H28N2O3S/c1-14(2)9-10-19-24(22,23)17-8-4-7-16(12-17)18(21)20-11-5-6-15(3)13-20/h4,7-8,12,14-15,19H,5-6,9-11,13H2,1-3H3. The molecule has 134 valence electrons. The number of rotatable bonds is 6. The summed E-state index contributed by atoms with van der Waals surface area (Å²) in [6.45, 7) is 8.12. The topological polar surface area (TPSA) is 66.5 Å². The SMILES string of the molecule is CC(C)CCNS(=O)(=O)c1cccc(C(=O)N2CCCC(C)C2)c1. The van der Waals surface area contributed by atoms with Gasteiger partial charge >= 0.3 is 0 Å². The Kier molecular flexibility index (Phi) is 6.40. The molecule has 1 unspecified atom stereocenters. The Morgan fingerprint density at radius 3 is 2.79 bits per heavy atom. The molecule has 1 aromatic carbocycles. The molecule has 1 aliphatic heterocycles. The fourth-order valence-electron chi connectivity index (χ4n) is 2.92. The fourth-order valence-corrected chi connectivity index (χ4v) is 4.01. The highest BCUT2D eigenvalue weighted by Gasteiger charge is 2.23. The summed E-state index contributed by atoms with van der Waals surface area (Å²) < 4.78 is 27.4. The second-order valence-corrected chi connectivity index (χ2v) is 8.87. The molecule has 24 heavy (non-hydrogen) atoms. The van der Waals surface area contributed by atoms with Gasteiger partial charge in [-0.25, -0.2) is 13.1 Å². The first-order chi connectivity index (χ1) is 11.3. The summed E-state index contributed by atoms with van der Waals surface area (Å²) in [7, 11) is -3.57. The van der Waals surface area contributed by atoms with E-state index in [0.29, 0.717) is 23.9 Å². The van der Waals surface area contributed by atoms with Gasteiger partial charge in [-0.15, -0.1) is 0 Å². The van der Waals surface area contributed by atoms with Gasteiger partial charge in [0.05, 0.1) is 4.90 Å². The summed E-state index contributed by atoms with van der Waals surface area (Å²) >= 11 is 0. The van der Waals surface area contributed by atoms with Crippen LogP contribution in [-0.2, 0) is 10.0 Å². The van der Waals surface area contributed by atoms with Gasteiger partial charge in [0, 0.05) is 25.2 Å². The predicted molar refractivity (Wildman–Crippen MR) is 95.4 cm³/mol. The summed E-state index contributed by atoms with van der Waals surface area (Å²) in [6.07, 6.45) is 2.92. The van der Waals surface area contributed by atoms with E-state index in [1.165, 1.54) is 12.1 Å². The first kappa shape index (κ1) is 18.9. The second-order valence-electron chi connectivity index (χ2n) is 7.11. The molecule has 0 saturated carbocycles. The number of sulfonamides is 1. The summed E-state index contributed by atoms with van der Waals surface area (Å²) in [6, 6.07) is 6.35. The van der Waals surface area contributed by atoms with Crippen molar-refractivity contribution in [3.8, 4) is 0 Å². The van der Waals surface area contributed by atoms with Gasteiger partial charge in [0.2, 0.25) is 10.0 Å². The van der Waals surface area contributed by atoms with Gasteiger partial charge in [-0.05, 0) is 49.3 Å². The third-order valence-electron chi connectivity index (χ3n) is 4.35. The van der Waals surface area contributed by atoms with Crippen LogP contribution in [0.25, 0.3) is 0 Å². The predicted octanol–water partition coefficient (Wildman–Crippen LogP) is 2.88. The highest BCUT2D eigenvalue weighted by Crippen LogP contribution is 2.19. The number of likely N-dealkylation sites (tertiary alicyclic amines) is 1. The molecule has 0 radical (unpaired) electrons. The molecule has 1 heterocycles. The highest BCUT2D eigenvalue weighted by atomic mass is 32.2. The van der Waals surface area contributed by atoms with Crippen molar-refractivity contribution in [2.45, 2.75) is 44.9 Å². The Balaban J connectivity index is 2.11. The van der Waals surface area contributed by atoms with E-state index in [4.69, 9.17) is 0 Å². The maximum Gasteiger partial charge on any atom is 0.253 e. The van der Waals surface area contributed by atoms with Crippen molar-refractivity contribution < 1.29 is 13.2 Å². The van der Waals surface area contributed by atoms with Gasteiger partial charge in [-0.2, -0.15) is 0 Å². The average molecular weight is 353 g/mol. The molecule has 1 saturated heterocycles. The number of carbonyl (C=O) groups is 1. The van der Waals surface area contributed by atoms with Crippen LogP contribution in [0.1, 0.15) is 50.4 Å². The molecule has 0 aliphatic carbocycles. The molecule has 1 aliphatic rings.